The van der Waals surface area contributed by atoms with Crippen molar-refractivity contribution in [2.75, 3.05) is 19.5 Å². The third-order valence-corrected chi connectivity index (χ3v) is 5.88. The van der Waals surface area contributed by atoms with Crippen LogP contribution in [0.4, 0.5) is 5.82 Å². The van der Waals surface area contributed by atoms with Crippen LogP contribution >= 0.6 is 22.7 Å². The summed E-state index contributed by atoms with van der Waals surface area (Å²) in [6.45, 7) is 1.87. The second-order valence-corrected chi connectivity index (χ2v) is 7.85. The molecule has 3 heterocycles. The summed E-state index contributed by atoms with van der Waals surface area (Å²) < 4.78 is 12.3. The molecule has 4 aromatic rings. The number of nitrogens with one attached hydrogen (secondary N) is 1. The van der Waals surface area contributed by atoms with Crippen LogP contribution in [0.25, 0.3) is 15.7 Å². The number of thiazole rings is 1. The predicted molar refractivity (Wildman–Crippen MR) is 115 cm³/mol. The monoisotopic (exact) mass is 426 g/mol. The van der Waals surface area contributed by atoms with Gasteiger partial charge in [0, 0.05) is 11.4 Å². The van der Waals surface area contributed by atoms with E-state index in [0.717, 1.165) is 16.3 Å². The minimum Gasteiger partial charge on any atom is -0.493 e. The van der Waals surface area contributed by atoms with E-state index >= 15 is 0 Å². The molecule has 29 heavy (non-hydrogen) atoms. The maximum atomic E-state index is 12.9. The Morgan fingerprint density at radius 1 is 1.14 bits per heavy atom. The zero-order chi connectivity index (χ0) is 20.4. The van der Waals surface area contributed by atoms with Crippen LogP contribution in [0, 0.1) is 6.92 Å². The van der Waals surface area contributed by atoms with Gasteiger partial charge in [-0.1, -0.05) is 12.1 Å². The maximum absolute atomic E-state index is 12.9. The van der Waals surface area contributed by atoms with E-state index in [0.29, 0.717) is 28.0 Å². The first kappa shape index (κ1) is 19.2. The fourth-order valence-corrected chi connectivity index (χ4v) is 4.43. The highest BCUT2D eigenvalue weighted by atomic mass is 32.1. The summed E-state index contributed by atoms with van der Waals surface area (Å²) in [6, 6.07) is 11.0. The standard InChI is InChI=1S/C20H18N4O3S2/c1-12-10-17(22-19(25)13-6-4-7-15(26-2)18(13)27-3)24(23-12)20-21-14(11-29-20)16-8-5-9-28-16/h4-11H,1-3H3,(H,22,25). The third kappa shape index (κ3) is 3.74. The molecule has 0 bridgehead atoms. The highest BCUT2D eigenvalue weighted by Crippen LogP contribution is 2.32. The average Bonchev–Trinajstić information content (AvgIpc) is 3.47. The molecule has 0 aliphatic carbocycles. The Kier molecular flexibility index (Phi) is 5.32. The molecule has 0 saturated heterocycles. The van der Waals surface area contributed by atoms with Crippen LogP contribution in [0.1, 0.15) is 16.1 Å². The first-order chi connectivity index (χ1) is 14.1. The Morgan fingerprint density at radius 3 is 2.72 bits per heavy atom. The van der Waals surface area contributed by atoms with Gasteiger partial charge in [0.25, 0.3) is 5.91 Å². The first-order valence-electron chi connectivity index (χ1n) is 8.69. The van der Waals surface area contributed by atoms with Gasteiger partial charge in [0.1, 0.15) is 5.82 Å². The number of amides is 1. The highest BCUT2D eigenvalue weighted by Gasteiger charge is 2.20. The topological polar surface area (TPSA) is 78.3 Å². The number of aryl methyl sites for hydroxylation is 1. The molecule has 0 saturated carbocycles. The predicted octanol–water partition coefficient (Wildman–Crippen LogP) is 4.64. The van der Waals surface area contributed by atoms with Crippen LogP contribution in [0.2, 0.25) is 0 Å². The summed E-state index contributed by atoms with van der Waals surface area (Å²) in [5, 5.41) is 12.1. The van der Waals surface area contributed by atoms with Gasteiger partial charge in [0.05, 0.1) is 36.0 Å². The van der Waals surface area contributed by atoms with Crippen molar-refractivity contribution in [2.24, 2.45) is 0 Å². The number of ether oxygens (including phenoxy) is 2. The average molecular weight is 427 g/mol. The fraction of sp³-hybridized carbons (Fsp3) is 0.150. The zero-order valence-corrected chi connectivity index (χ0v) is 17.6. The van der Waals surface area contributed by atoms with Crippen molar-refractivity contribution >= 4 is 34.4 Å². The lowest BCUT2D eigenvalue weighted by Gasteiger charge is -2.12. The van der Waals surface area contributed by atoms with Crippen molar-refractivity contribution in [1.82, 2.24) is 14.8 Å². The van der Waals surface area contributed by atoms with Crippen LogP contribution in [0.3, 0.4) is 0 Å². The van der Waals surface area contributed by atoms with Gasteiger partial charge in [-0.3, -0.25) is 4.79 Å². The van der Waals surface area contributed by atoms with Gasteiger partial charge >= 0.3 is 0 Å². The Labute approximate surface area is 175 Å². The van der Waals surface area contributed by atoms with Crippen molar-refractivity contribution in [3.63, 3.8) is 0 Å². The smallest absolute Gasteiger partial charge is 0.260 e. The maximum Gasteiger partial charge on any atom is 0.260 e. The van der Waals surface area contributed by atoms with Crippen LogP contribution in [-0.2, 0) is 0 Å². The van der Waals surface area contributed by atoms with E-state index in [2.05, 4.69) is 15.4 Å². The van der Waals surface area contributed by atoms with Gasteiger partial charge in [-0.05, 0) is 30.5 Å². The van der Waals surface area contributed by atoms with Crippen LogP contribution in [-0.4, -0.2) is 34.9 Å². The Bertz CT molecular complexity index is 1150. The van der Waals surface area contributed by atoms with E-state index in [9.17, 15) is 4.79 Å². The highest BCUT2D eigenvalue weighted by molar-refractivity contribution is 7.15. The lowest BCUT2D eigenvalue weighted by atomic mass is 10.1. The second kappa shape index (κ2) is 8.06. The molecule has 148 valence electrons. The summed E-state index contributed by atoms with van der Waals surface area (Å²) in [5.74, 6) is 1.08. The number of methoxy groups -OCH3 is 2. The normalized spacial score (nSPS) is 10.7. The van der Waals surface area contributed by atoms with Gasteiger partial charge in [0.2, 0.25) is 5.13 Å². The van der Waals surface area contributed by atoms with Gasteiger partial charge in [-0.15, -0.1) is 22.7 Å². The van der Waals surface area contributed by atoms with E-state index in [-0.39, 0.29) is 5.91 Å². The van der Waals surface area contributed by atoms with E-state index in [1.54, 1.807) is 40.3 Å². The molecule has 4 rings (SSSR count). The molecule has 0 aliphatic heterocycles. The number of hydrogen-bond acceptors (Lipinski definition) is 7. The fourth-order valence-electron chi connectivity index (χ4n) is 2.88. The van der Waals surface area contributed by atoms with Crippen molar-refractivity contribution < 1.29 is 14.3 Å². The van der Waals surface area contributed by atoms with Crippen molar-refractivity contribution in [1.29, 1.82) is 0 Å². The van der Waals surface area contributed by atoms with Gasteiger partial charge < -0.3 is 14.8 Å². The summed E-state index contributed by atoms with van der Waals surface area (Å²) in [4.78, 5) is 18.7. The number of thiophene rings is 1. The summed E-state index contributed by atoms with van der Waals surface area (Å²) in [5.41, 5.74) is 2.03. The molecule has 1 N–H and O–H groups in total. The van der Waals surface area contributed by atoms with Crippen LogP contribution < -0.4 is 14.8 Å². The van der Waals surface area contributed by atoms with Gasteiger partial charge in [0.15, 0.2) is 11.5 Å². The molecule has 0 aliphatic rings. The minimum atomic E-state index is -0.322. The molecule has 0 fully saturated rings. The molecular formula is C20H18N4O3S2. The SMILES string of the molecule is COc1cccc(C(=O)Nc2cc(C)nn2-c2nc(-c3cccs3)cs2)c1OC. The molecule has 0 unspecified atom stereocenters. The summed E-state index contributed by atoms with van der Waals surface area (Å²) in [7, 11) is 3.04. The van der Waals surface area contributed by atoms with Crippen molar-refractivity contribution in [3.05, 3.63) is 58.4 Å². The summed E-state index contributed by atoms with van der Waals surface area (Å²) in [6.07, 6.45) is 0. The first-order valence-corrected chi connectivity index (χ1v) is 10.5. The van der Waals surface area contributed by atoms with Gasteiger partial charge in [-0.25, -0.2) is 4.98 Å². The Balaban J connectivity index is 1.65. The van der Waals surface area contributed by atoms with Crippen molar-refractivity contribution in [2.45, 2.75) is 6.92 Å². The molecule has 0 spiro atoms. The number of carbonyl (C=O) groups is 1. The lowest BCUT2D eigenvalue weighted by Crippen LogP contribution is -2.16. The minimum absolute atomic E-state index is 0.322. The number of aromatic nitrogens is 3. The zero-order valence-electron chi connectivity index (χ0n) is 16.0. The molecule has 3 aromatic heterocycles. The van der Waals surface area contributed by atoms with E-state index in [4.69, 9.17) is 9.47 Å². The van der Waals surface area contributed by atoms with Crippen molar-refractivity contribution in [3.8, 4) is 27.2 Å². The molecule has 0 radical (unpaired) electrons. The number of hydrogen-bond donors (Lipinski definition) is 1. The molecule has 1 amide bonds. The largest absolute Gasteiger partial charge is 0.493 e. The third-order valence-electron chi connectivity index (χ3n) is 4.17. The van der Waals surface area contributed by atoms with Gasteiger partial charge in [-0.2, -0.15) is 9.78 Å². The Hall–Kier alpha value is -3.17. The molecule has 1 aromatic carbocycles. The second-order valence-electron chi connectivity index (χ2n) is 6.07. The Morgan fingerprint density at radius 2 is 2.00 bits per heavy atom. The van der Waals surface area contributed by atoms with E-state index in [1.165, 1.54) is 25.6 Å². The van der Waals surface area contributed by atoms with E-state index in [1.807, 2.05) is 29.8 Å². The number of carbonyl (C=O) groups excluding carboxylic acids is 1. The number of rotatable bonds is 6. The number of benzene rings is 1. The lowest BCUT2D eigenvalue weighted by molar-refractivity contribution is 0.102. The number of para-hydroxylation sites is 1. The van der Waals surface area contributed by atoms with E-state index < -0.39 is 0 Å². The summed E-state index contributed by atoms with van der Waals surface area (Å²) >= 11 is 3.09. The molecule has 7 nitrogen and oxygen atoms in total. The molecular weight excluding hydrogens is 408 g/mol. The van der Waals surface area contributed by atoms with Crippen LogP contribution in [0.15, 0.2) is 47.2 Å². The number of nitrogens with zero attached hydrogens (tertiary/aromatic N) is 3. The quantitative estimate of drug-likeness (QED) is 0.486. The molecule has 9 heteroatoms. The molecule has 0 atom stereocenters. The number of anilines is 1. The van der Waals surface area contributed by atoms with Crippen LogP contribution in [0.5, 0.6) is 11.5 Å².